The molecule has 20 heavy (non-hydrogen) atoms. The second-order valence-electron chi connectivity index (χ2n) is 5.32. The number of nitrogens with zero attached hydrogens (tertiary/aromatic N) is 2. The lowest BCUT2D eigenvalue weighted by molar-refractivity contribution is -0.133. The summed E-state index contributed by atoms with van der Waals surface area (Å²) in [6.07, 6.45) is 2.16. The third-order valence-corrected chi connectivity index (χ3v) is 4.26. The highest BCUT2D eigenvalue weighted by molar-refractivity contribution is 6.30. The van der Waals surface area contributed by atoms with E-state index in [1.165, 1.54) is 0 Å². The fourth-order valence-corrected chi connectivity index (χ4v) is 3.31. The molecule has 1 aromatic carbocycles. The molecule has 0 N–H and O–H groups in total. The largest absolute Gasteiger partial charge is 0.326 e. The van der Waals surface area contributed by atoms with Crippen molar-refractivity contribution in [1.82, 2.24) is 4.90 Å². The highest BCUT2D eigenvalue weighted by Crippen LogP contribution is 2.41. The second-order valence-corrected chi connectivity index (χ2v) is 5.76. The van der Waals surface area contributed by atoms with E-state index >= 15 is 0 Å². The average molecular weight is 293 g/mol. The fourth-order valence-electron chi connectivity index (χ4n) is 3.13. The van der Waals surface area contributed by atoms with Gasteiger partial charge in [-0.3, -0.25) is 9.59 Å². The number of benzene rings is 1. The minimum Gasteiger partial charge on any atom is -0.326 e. The Kier molecular flexibility index (Phi) is 3.42. The van der Waals surface area contributed by atoms with Crippen molar-refractivity contribution < 1.29 is 9.59 Å². The van der Waals surface area contributed by atoms with Crippen molar-refractivity contribution in [1.29, 1.82) is 0 Å². The quantitative estimate of drug-likeness (QED) is 0.841. The third kappa shape index (κ3) is 2.08. The molecule has 0 spiro atoms. The van der Waals surface area contributed by atoms with Crippen LogP contribution < -0.4 is 4.90 Å². The molecule has 106 valence electrons. The molecule has 2 heterocycles. The molecule has 1 aromatic rings. The molecular formula is C15H17ClN2O2. The Balaban J connectivity index is 2.13. The van der Waals surface area contributed by atoms with Crippen LogP contribution in [0.2, 0.25) is 5.02 Å². The molecule has 2 aliphatic heterocycles. The van der Waals surface area contributed by atoms with Crippen molar-refractivity contribution in [2.24, 2.45) is 0 Å². The first kappa shape index (κ1) is 13.4. The summed E-state index contributed by atoms with van der Waals surface area (Å²) in [5.41, 5.74) is 1.91. The number of rotatable bonds is 2. The van der Waals surface area contributed by atoms with E-state index in [1.54, 1.807) is 9.80 Å². The SMILES string of the molecule is CCCN1C(=O)CN2C(=O)CCC2c2cc(Cl)ccc21. The van der Waals surface area contributed by atoms with Crippen LogP contribution in [-0.2, 0) is 9.59 Å². The fraction of sp³-hybridized carbons (Fsp3) is 0.467. The summed E-state index contributed by atoms with van der Waals surface area (Å²) >= 11 is 6.11. The molecule has 0 aromatic heterocycles. The predicted octanol–water partition coefficient (Wildman–Crippen LogP) is 2.76. The molecule has 2 amide bonds. The Bertz CT molecular complexity index is 573. The van der Waals surface area contributed by atoms with Crippen molar-refractivity contribution in [3.8, 4) is 0 Å². The zero-order chi connectivity index (χ0) is 14.3. The van der Waals surface area contributed by atoms with E-state index in [0.29, 0.717) is 18.0 Å². The third-order valence-electron chi connectivity index (χ3n) is 4.02. The number of carbonyl (C=O) groups is 2. The van der Waals surface area contributed by atoms with Crippen molar-refractivity contribution in [3.63, 3.8) is 0 Å². The van der Waals surface area contributed by atoms with Crippen LogP contribution in [0.1, 0.15) is 37.8 Å². The lowest BCUT2D eigenvalue weighted by Crippen LogP contribution is -2.39. The lowest BCUT2D eigenvalue weighted by Gasteiger charge is -2.23. The molecule has 1 saturated heterocycles. The molecule has 1 unspecified atom stereocenters. The summed E-state index contributed by atoms with van der Waals surface area (Å²) in [7, 11) is 0. The molecule has 1 atom stereocenters. The molecule has 0 bridgehead atoms. The van der Waals surface area contributed by atoms with Gasteiger partial charge in [0, 0.05) is 23.7 Å². The van der Waals surface area contributed by atoms with Gasteiger partial charge in [0.25, 0.3) is 0 Å². The van der Waals surface area contributed by atoms with E-state index in [1.807, 2.05) is 25.1 Å². The van der Waals surface area contributed by atoms with E-state index in [2.05, 4.69) is 0 Å². The zero-order valence-electron chi connectivity index (χ0n) is 11.4. The predicted molar refractivity (Wildman–Crippen MR) is 77.8 cm³/mol. The van der Waals surface area contributed by atoms with Gasteiger partial charge in [-0.25, -0.2) is 0 Å². The van der Waals surface area contributed by atoms with Gasteiger partial charge in [0.05, 0.1) is 6.04 Å². The monoisotopic (exact) mass is 292 g/mol. The van der Waals surface area contributed by atoms with E-state index in [-0.39, 0.29) is 24.4 Å². The molecule has 0 aliphatic carbocycles. The molecule has 0 radical (unpaired) electrons. The van der Waals surface area contributed by atoms with Crippen molar-refractivity contribution in [2.75, 3.05) is 18.0 Å². The van der Waals surface area contributed by atoms with Crippen molar-refractivity contribution >= 4 is 29.1 Å². The van der Waals surface area contributed by atoms with Crippen molar-refractivity contribution in [2.45, 2.75) is 32.2 Å². The molecule has 0 saturated carbocycles. The Morgan fingerprint density at radius 2 is 2.10 bits per heavy atom. The van der Waals surface area contributed by atoms with Crippen LogP contribution in [0.3, 0.4) is 0 Å². The molecule has 4 nitrogen and oxygen atoms in total. The maximum Gasteiger partial charge on any atom is 0.246 e. The Labute approximate surface area is 123 Å². The highest BCUT2D eigenvalue weighted by atomic mass is 35.5. The van der Waals surface area contributed by atoms with Gasteiger partial charge in [-0.2, -0.15) is 0 Å². The number of anilines is 1. The van der Waals surface area contributed by atoms with Crippen LogP contribution in [-0.4, -0.2) is 29.8 Å². The lowest BCUT2D eigenvalue weighted by atomic mass is 10.0. The standard InChI is InChI=1S/C15H17ClN2O2/c1-2-7-17-12-4-3-10(16)8-11(12)13-5-6-14(19)18(13)9-15(17)20/h3-4,8,13H,2,5-7,9H2,1H3. The minimum atomic E-state index is -0.0120. The highest BCUT2D eigenvalue weighted by Gasteiger charge is 2.39. The van der Waals surface area contributed by atoms with Crippen LogP contribution in [0.4, 0.5) is 5.69 Å². The molecular weight excluding hydrogens is 276 g/mol. The van der Waals surface area contributed by atoms with Gasteiger partial charge in [-0.1, -0.05) is 18.5 Å². The Hall–Kier alpha value is -1.55. The number of halogens is 1. The van der Waals surface area contributed by atoms with Gasteiger partial charge in [0.2, 0.25) is 11.8 Å². The number of fused-ring (bicyclic) bond motifs is 3. The van der Waals surface area contributed by atoms with Crippen molar-refractivity contribution in [3.05, 3.63) is 28.8 Å². The van der Waals surface area contributed by atoms with Crippen LogP contribution in [0.15, 0.2) is 18.2 Å². The van der Waals surface area contributed by atoms with E-state index < -0.39 is 0 Å². The van der Waals surface area contributed by atoms with E-state index in [9.17, 15) is 9.59 Å². The molecule has 1 fully saturated rings. The Morgan fingerprint density at radius 1 is 1.30 bits per heavy atom. The first-order valence-electron chi connectivity index (χ1n) is 7.01. The van der Waals surface area contributed by atoms with Gasteiger partial charge in [-0.05, 0) is 36.6 Å². The van der Waals surface area contributed by atoms with Gasteiger partial charge >= 0.3 is 0 Å². The Morgan fingerprint density at radius 3 is 2.85 bits per heavy atom. The molecule has 2 aliphatic rings. The second kappa shape index (κ2) is 5.09. The minimum absolute atomic E-state index is 0.00632. The maximum absolute atomic E-state index is 12.4. The van der Waals surface area contributed by atoms with E-state index in [0.717, 1.165) is 24.1 Å². The average Bonchev–Trinajstić information content (AvgIpc) is 2.72. The summed E-state index contributed by atoms with van der Waals surface area (Å²) in [6, 6.07) is 5.59. The topological polar surface area (TPSA) is 40.6 Å². The van der Waals surface area contributed by atoms with Gasteiger partial charge in [0.15, 0.2) is 0 Å². The number of amides is 2. The summed E-state index contributed by atoms with van der Waals surface area (Å²) in [5.74, 6) is 0.0563. The first-order valence-corrected chi connectivity index (χ1v) is 7.39. The van der Waals surface area contributed by atoms with Gasteiger partial charge in [-0.15, -0.1) is 0 Å². The summed E-state index contributed by atoms with van der Waals surface area (Å²) in [5, 5.41) is 0.647. The van der Waals surface area contributed by atoms with Gasteiger partial charge < -0.3 is 9.80 Å². The molecule has 5 heteroatoms. The van der Waals surface area contributed by atoms with Crippen LogP contribution in [0.25, 0.3) is 0 Å². The smallest absolute Gasteiger partial charge is 0.246 e. The number of hydrogen-bond donors (Lipinski definition) is 0. The number of carbonyl (C=O) groups excluding carboxylic acids is 2. The summed E-state index contributed by atoms with van der Waals surface area (Å²) < 4.78 is 0. The van der Waals surface area contributed by atoms with E-state index in [4.69, 9.17) is 11.6 Å². The van der Waals surface area contributed by atoms with Crippen LogP contribution in [0, 0.1) is 0 Å². The number of hydrogen-bond acceptors (Lipinski definition) is 2. The molecule has 3 rings (SSSR count). The van der Waals surface area contributed by atoms with Crippen LogP contribution in [0.5, 0.6) is 0 Å². The summed E-state index contributed by atoms with van der Waals surface area (Å²) in [6.45, 7) is 2.89. The summed E-state index contributed by atoms with van der Waals surface area (Å²) in [4.78, 5) is 27.9. The maximum atomic E-state index is 12.4. The zero-order valence-corrected chi connectivity index (χ0v) is 12.2. The first-order chi connectivity index (χ1) is 9.61. The van der Waals surface area contributed by atoms with Crippen LogP contribution >= 0.6 is 11.6 Å². The normalized spacial score (nSPS) is 21.8. The van der Waals surface area contributed by atoms with Gasteiger partial charge in [0.1, 0.15) is 6.54 Å².